The van der Waals surface area contributed by atoms with Gasteiger partial charge in [-0.05, 0) is 12.8 Å². The minimum absolute atomic E-state index is 0.00740. The highest BCUT2D eigenvalue weighted by atomic mass is 32.2. The zero-order chi connectivity index (χ0) is 8.39. The molecular weight excluding hydrogens is 174 g/mol. The molecule has 1 unspecified atom stereocenters. The monoisotopic (exact) mass is 185 g/mol. The van der Waals surface area contributed by atoms with E-state index in [0.717, 1.165) is 30.9 Å². The first-order chi connectivity index (χ1) is 5.84. The molecule has 0 spiro atoms. The van der Waals surface area contributed by atoms with Gasteiger partial charge >= 0.3 is 0 Å². The van der Waals surface area contributed by atoms with Crippen molar-refractivity contribution in [2.45, 2.75) is 25.4 Å². The van der Waals surface area contributed by atoms with Crippen molar-refractivity contribution in [2.24, 2.45) is 4.99 Å². The maximum atomic E-state index is 10.8. The van der Waals surface area contributed by atoms with Crippen LogP contribution >= 0.6 is 11.8 Å². The highest BCUT2D eigenvalue weighted by Crippen LogP contribution is 2.22. The van der Waals surface area contributed by atoms with Crippen LogP contribution in [0.5, 0.6) is 0 Å². The lowest BCUT2D eigenvalue weighted by atomic mass is 10.2. The third-order valence-electron chi connectivity index (χ3n) is 2.04. The maximum Gasteiger partial charge on any atom is 0.256 e. The fraction of sp³-hybridized carbons (Fsp3) is 0.750. The number of carbonyl (C=O) groups excluding carboxylic acids is 1. The number of thioether (sulfide) groups is 1. The van der Waals surface area contributed by atoms with Crippen molar-refractivity contribution in [3.05, 3.63) is 0 Å². The van der Waals surface area contributed by atoms with Gasteiger partial charge in [-0.25, -0.2) is 4.99 Å². The molecule has 2 aliphatic heterocycles. The molecule has 0 bridgehead atoms. The first kappa shape index (κ1) is 8.26. The number of hydrogen-bond donors (Lipinski definition) is 0. The summed E-state index contributed by atoms with van der Waals surface area (Å²) in [6.07, 6.45) is 3.43. The maximum absolute atomic E-state index is 10.8. The molecule has 0 N–H and O–H groups in total. The lowest BCUT2D eigenvalue weighted by Crippen LogP contribution is -2.08. The van der Waals surface area contributed by atoms with Crippen LogP contribution < -0.4 is 0 Å². The molecule has 0 aromatic heterocycles. The smallest absolute Gasteiger partial charge is 0.256 e. The molecule has 1 fully saturated rings. The van der Waals surface area contributed by atoms with Crippen LogP contribution in [0.3, 0.4) is 0 Å². The van der Waals surface area contributed by atoms with Gasteiger partial charge in [0.2, 0.25) is 0 Å². The molecule has 0 radical (unpaired) electrons. The molecule has 1 saturated heterocycles. The molecule has 2 rings (SSSR count). The van der Waals surface area contributed by atoms with E-state index in [-0.39, 0.29) is 5.91 Å². The van der Waals surface area contributed by atoms with Crippen LogP contribution in [-0.2, 0) is 9.53 Å². The third kappa shape index (κ3) is 1.87. The second-order valence-corrected chi connectivity index (χ2v) is 4.08. The normalized spacial score (nSPS) is 29.5. The van der Waals surface area contributed by atoms with Crippen LogP contribution in [0.2, 0.25) is 0 Å². The Balaban J connectivity index is 1.86. The topological polar surface area (TPSA) is 38.7 Å². The molecule has 12 heavy (non-hydrogen) atoms. The quantitative estimate of drug-likeness (QED) is 0.649. The molecule has 1 amide bonds. The second kappa shape index (κ2) is 3.58. The summed E-state index contributed by atoms with van der Waals surface area (Å²) in [5.74, 6) is 0.537. The first-order valence-electron chi connectivity index (χ1n) is 4.19. The van der Waals surface area contributed by atoms with E-state index >= 15 is 0 Å². The number of hydrogen-bond acceptors (Lipinski definition) is 3. The average molecular weight is 185 g/mol. The van der Waals surface area contributed by atoms with Crippen molar-refractivity contribution in [1.82, 2.24) is 0 Å². The van der Waals surface area contributed by atoms with Gasteiger partial charge in [0.25, 0.3) is 5.91 Å². The Morgan fingerprint density at radius 3 is 3.17 bits per heavy atom. The van der Waals surface area contributed by atoms with E-state index in [1.54, 1.807) is 11.8 Å². The van der Waals surface area contributed by atoms with E-state index in [9.17, 15) is 4.79 Å². The van der Waals surface area contributed by atoms with Crippen molar-refractivity contribution in [1.29, 1.82) is 0 Å². The molecule has 2 heterocycles. The van der Waals surface area contributed by atoms with Crippen LogP contribution in [0.4, 0.5) is 0 Å². The summed E-state index contributed by atoms with van der Waals surface area (Å²) in [5, 5.41) is 0.965. The van der Waals surface area contributed by atoms with Gasteiger partial charge in [-0.3, -0.25) is 4.79 Å². The van der Waals surface area contributed by atoms with Crippen LogP contribution in [0, 0.1) is 0 Å². The Labute approximate surface area is 75.6 Å². The summed E-state index contributed by atoms with van der Waals surface area (Å²) in [4.78, 5) is 14.7. The van der Waals surface area contributed by atoms with E-state index in [4.69, 9.17) is 4.74 Å². The summed E-state index contributed by atoms with van der Waals surface area (Å²) >= 11 is 1.56. The lowest BCUT2D eigenvalue weighted by Gasteiger charge is -2.06. The van der Waals surface area contributed by atoms with E-state index < -0.39 is 0 Å². The van der Waals surface area contributed by atoms with Crippen molar-refractivity contribution in [2.75, 3.05) is 12.4 Å². The number of amides is 1. The van der Waals surface area contributed by atoms with Gasteiger partial charge < -0.3 is 4.74 Å². The van der Waals surface area contributed by atoms with Gasteiger partial charge in [-0.15, -0.1) is 11.8 Å². The molecule has 0 aliphatic carbocycles. The van der Waals surface area contributed by atoms with Crippen LogP contribution in [0.25, 0.3) is 0 Å². The molecule has 0 saturated carbocycles. The number of ether oxygens (including phenoxy) is 1. The van der Waals surface area contributed by atoms with Crippen molar-refractivity contribution >= 4 is 22.7 Å². The molecule has 4 heteroatoms. The van der Waals surface area contributed by atoms with E-state index in [1.165, 1.54) is 0 Å². The second-order valence-electron chi connectivity index (χ2n) is 3.03. The SMILES string of the molecule is O=C1CSC(CC2CCCO2)=N1. The Morgan fingerprint density at radius 1 is 1.67 bits per heavy atom. The Kier molecular flexibility index (Phi) is 2.46. The minimum Gasteiger partial charge on any atom is -0.378 e. The fourth-order valence-corrected chi connectivity index (χ4v) is 2.28. The van der Waals surface area contributed by atoms with Crippen molar-refractivity contribution in [3.8, 4) is 0 Å². The Hall–Kier alpha value is -0.350. The molecule has 0 aromatic carbocycles. The number of carbonyl (C=O) groups is 1. The Bertz CT molecular complexity index is 221. The Morgan fingerprint density at radius 2 is 2.58 bits per heavy atom. The van der Waals surface area contributed by atoms with Crippen molar-refractivity contribution < 1.29 is 9.53 Å². The molecule has 66 valence electrons. The van der Waals surface area contributed by atoms with Crippen LogP contribution in [-0.4, -0.2) is 29.4 Å². The largest absolute Gasteiger partial charge is 0.378 e. The summed E-state index contributed by atoms with van der Waals surface area (Å²) in [6.45, 7) is 0.872. The molecule has 3 nitrogen and oxygen atoms in total. The number of nitrogens with zero attached hydrogens (tertiary/aromatic N) is 1. The van der Waals surface area contributed by atoms with Crippen LogP contribution in [0.15, 0.2) is 4.99 Å². The van der Waals surface area contributed by atoms with Gasteiger partial charge in [0.15, 0.2) is 0 Å². The van der Waals surface area contributed by atoms with Gasteiger partial charge in [-0.1, -0.05) is 0 Å². The predicted molar refractivity (Wildman–Crippen MR) is 48.5 cm³/mol. The minimum atomic E-state index is 0.00740. The fourth-order valence-electron chi connectivity index (χ4n) is 1.45. The summed E-state index contributed by atoms with van der Waals surface area (Å²) in [7, 11) is 0. The van der Waals surface area contributed by atoms with Gasteiger partial charge in [0.05, 0.1) is 16.9 Å². The van der Waals surface area contributed by atoms with Crippen LogP contribution in [0.1, 0.15) is 19.3 Å². The summed E-state index contributed by atoms with van der Waals surface area (Å²) in [6, 6.07) is 0. The predicted octanol–water partition coefficient (Wildman–Crippen LogP) is 1.23. The third-order valence-corrected chi connectivity index (χ3v) is 3.02. The molecule has 1 atom stereocenters. The van der Waals surface area contributed by atoms with E-state index in [2.05, 4.69) is 4.99 Å². The molecule has 0 aromatic rings. The standard InChI is InChI=1S/C8H11NO2S/c10-7-5-12-8(9-7)4-6-2-1-3-11-6/h6H,1-5H2. The average Bonchev–Trinajstić information content (AvgIpc) is 2.63. The highest BCUT2D eigenvalue weighted by molar-refractivity contribution is 8.15. The highest BCUT2D eigenvalue weighted by Gasteiger charge is 2.22. The summed E-state index contributed by atoms with van der Waals surface area (Å²) in [5.41, 5.74) is 0. The molecular formula is C8H11NO2S. The zero-order valence-corrected chi connectivity index (χ0v) is 7.60. The zero-order valence-electron chi connectivity index (χ0n) is 6.78. The molecule has 2 aliphatic rings. The van der Waals surface area contributed by atoms with Gasteiger partial charge in [0, 0.05) is 13.0 Å². The number of aliphatic imine (C=N–C) groups is 1. The van der Waals surface area contributed by atoms with E-state index in [1.807, 2.05) is 0 Å². The number of rotatable bonds is 2. The van der Waals surface area contributed by atoms with Gasteiger partial charge in [0.1, 0.15) is 0 Å². The lowest BCUT2D eigenvalue weighted by molar-refractivity contribution is -0.115. The van der Waals surface area contributed by atoms with Crippen molar-refractivity contribution in [3.63, 3.8) is 0 Å². The van der Waals surface area contributed by atoms with Gasteiger partial charge in [-0.2, -0.15) is 0 Å². The van der Waals surface area contributed by atoms with E-state index in [0.29, 0.717) is 11.9 Å². The first-order valence-corrected chi connectivity index (χ1v) is 5.18. The summed E-state index contributed by atoms with van der Waals surface area (Å²) < 4.78 is 5.44.